The molecule has 0 radical (unpaired) electrons. The first-order valence-electron chi connectivity index (χ1n) is 3.91. The first-order chi connectivity index (χ1) is 4.85. The van der Waals surface area contributed by atoms with Crippen LogP contribution >= 0.6 is 0 Å². The Bertz CT molecular complexity index is 130. The van der Waals surface area contributed by atoms with Crippen LogP contribution < -0.4 is 0 Å². The number of nitriles is 1. The van der Waals surface area contributed by atoms with Crippen molar-refractivity contribution in [3.8, 4) is 6.07 Å². The van der Waals surface area contributed by atoms with Crippen molar-refractivity contribution in [2.75, 3.05) is 0 Å². The van der Waals surface area contributed by atoms with E-state index in [9.17, 15) is 0 Å². The van der Waals surface area contributed by atoms with Gasteiger partial charge in [-0.1, -0.05) is 32.4 Å². The zero-order valence-electron chi connectivity index (χ0n) is 6.80. The van der Waals surface area contributed by atoms with E-state index in [1.54, 1.807) is 0 Å². The Labute approximate surface area is 63.4 Å². The monoisotopic (exact) mass is 137 g/mol. The van der Waals surface area contributed by atoms with E-state index < -0.39 is 0 Å². The molecule has 1 heteroatoms. The molecular formula is C9H15N. The predicted octanol–water partition coefficient (Wildman–Crippen LogP) is 2.89. The molecule has 56 valence electrons. The highest BCUT2D eigenvalue weighted by Gasteiger charge is 1.97. The fourth-order valence-corrected chi connectivity index (χ4v) is 0.815. The molecule has 0 bridgehead atoms. The van der Waals surface area contributed by atoms with Crippen LogP contribution in [0, 0.1) is 17.2 Å². The molecule has 0 heterocycles. The zero-order chi connectivity index (χ0) is 7.82. The molecule has 10 heavy (non-hydrogen) atoms. The number of nitrogens with zero attached hydrogens (tertiary/aromatic N) is 1. The molecule has 0 amide bonds. The summed E-state index contributed by atoms with van der Waals surface area (Å²) in [5, 5.41) is 8.58. The lowest BCUT2D eigenvalue weighted by molar-refractivity contribution is 0.700. The Morgan fingerprint density at radius 3 is 2.60 bits per heavy atom. The second-order valence-corrected chi connectivity index (χ2v) is 2.36. The number of rotatable bonds is 4. The van der Waals surface area contributed by atoms with E-state index in [-0.39, 0.29) is 5.92 Å². The van der Waals surface area contributed by atoms with Crippen LogP contribution in [-0.4, -0.2) is 0 Å². The third-order valence-electron chi connectivity index (χ3n) is 1.37. The minimum atomic E-state index is 0.143. The number of hydrogen-bond donors (Lipinski definition) is 0. The van der Waals surface area contributed by atoms with Gasteiger partial charge >= 0.3 is 0 Å². The van der Waals surface area contributed by atoms with Crippen LogP contribution in [0.1, 0.15) is 33.1 Å². The van der Waals surface area contributed by atoms with Crippen molar-refractivity contribution >= 4 is 0 Å². The minimum Gasteiger partial charge on any atom is -0.198 e. The van der Waals surface area contributed by atoms with Gasteiger partial charge in [0, 0.05) is 0 Å². The van der Waals surface area contributed by atoms with E-state index in [4.69, 9.17) is 5.26 Å². The topological polar surface area (TPSA) is 23.8 Å². The van der Waals surface area contributed by atoms with Gasteiger partial charge in [0.1, 0.15) is 0 Å². The quantitative estimate of drug-likeness (QED) is 0.546. The normalized spacial score (nSPS) is 13.3. The largest absolute Gasteiger partial charge is 0.198 e. The van der Waals surface area contributed by atoms with E-state index in [1.807, 2.05) is 6.08 Å². The van der Waals surface area contributed by atoms with Gasteiger partial charge in [-0.15, -0.1) is 0 Å². The average Bonchev–Trinajstić information content (AvgIpc) is 1.98. The molecule has 0 aliphatic rings. The molecule has 1 atom stereocenters. The van der Waals surface area contributed by atoms with Gasteiger partial charge in [-0.05, 0) is 12.8 Å². The molecule has 0 aromatic heterocycles. The summed E-state index contributed by atoms with van der Waals surface area (Å²) in [5.41, 5.74) is 0. The fraction of sp³-hybridized carbons (Fsp3) is 0.667. The SMILES string of the molecule is CC/C=C/C(C#N)CCC. The van der Waals surface area contributed by atoms with Crippen molar-refractivity contribution in [3.05, 3.63) is 12.2 Å². The van der Waals surface area contributed by atoms with Crippen LogP contribution in [-0.2, 0) is 0 Å². The summed E-state index contributed by atoms with van der Waals surface area (Å²) in [4.78, 5) is 0. The highest BCUT2D eigenvalue weighted by atomic mass is 14.3. The van der Waals surface area contributed by atoms with Gasteiger partial charge < -0.3 is 0 Å². The van der Waals surface area contributed by atoms with Gasteiger partial charge in [0.15, 0.2) is 0 Å². The Morgan fingerprint density at radius 2 is 2.20 bits per heavy atom. The number of hydrogen-bond acceptors (Lipinski definition) is 1. The Hall–Kier alpha value is -0.770. The Kier molecular flexibility index (Phi) is 5.86. The molecule has 0 aromatic carbocycles. The van der Waals surface area contributed by atoms with Gasteiger partial charge in [-0.2, -0.15) is 5.26 Å². The van der Waals surface area contributed by atoms with Crippen LogP contribution in [0.25, 0.3) is 0 Å². The second kappa shape index (κ2) is 6.35. The summed E-state index contributed by atoms with van der Waals surface area (Å²) in [5.74, 6) is 0.143. The molecule has 0 fully saturated rings. The van der Waals surface area contributed by atoms with Crippen molar-refractivity contribution in [1.82, 2.24) is 0 Å². The molecule has 1 unspecified atom stereocenters. The molecular weight excluding hydrogens is 122 g/mol. The summed E-state index contributed by atoms with van der Waals surface area (Å²) in [6.07, 6.45) is 7.17. The maximum absolute atomic E-state index is 8.58. The van der Waals surface area contributed by atoms with Crippen molar-refractivity contribution in [3.63, 3.8) is 0 Å². The highest BCUT2D eigenvalue weighted by molar-refractivity contribution is 4.99. The smallest absolute Gasteiger partial charge is 0.0697 e. The van der Waals surface area contributed by atoms with Gasteiger partial charge in [-0.25, -0.2) is 0 Å². The lowest BCUT2D eigenvalue weighted by Crippen LogP contribution is -1.89. The van der Waals surface area contributed by atoms with Crippen molar-refractivity contribution in [1.29, 1.82) is 5.26 Å². The van der Waals surface area contributed by atoms with Crippen LogP contribution in [0.5, 0.6) is 0 Å². The Morgan fingerprint density at radius 1 is 1.50 bits per heavy atom. The van der Waals surface area contributed by atoms with E-state index in [0.29, 0.717) is 0 Å². The van der Waals surface area contributed by atoms with Crippen LogP contribution in [0.2, 0.25) is 0 Å². The van der Waals surface area contributed by atoms with Crippen molar-refractivity contribution < 1.29 is 0 Å². The van der Waals surface area contributed by atoms with Crippen LogP contribution in [0.15, 0.2) is 12.2 Å². The molecule has 0 saturated carbocycles. The summed E-state index contributed by atoms with van der Waals surface area (Å²) in [7, 11) is 0. The minimum absolute atomic E-state index is 0.143. The van der Waals surface area contributed by atoms with Crippen molar-refractivity contribution in [2.24, 2.45) is 5.92 Å². The molecule has 0 aromatic rings. The molecule has 0 N–H and O–H groups in total. The predicted molar refractivity (Wildman–Crippen MR) is 43.4 cm³/mol. The van der Waals surface area contributed by atoms with Gasteiger partial charge in [0.2, 0.25) is 0 Å². The van der Waals surface area contributed by atoms with E-state index in [0.717, 1.165) is 19.3 Å². The summed E-state index contributed by atoms with van der Waals surface area (Å²) in [6, 6.07) is 2.25. The molecule has 1 nitrogen and oxygen atoms in total. The van der Waals surface area contributed by atoms with Gasteiger partial charge in [0.25, 0.3) is 0 Å². The Balaban J connectivity index is 3.62. The standard InChI is InChI=1S/C9H15N/c1-3-5-7-9(8-10)6-4-2/h5,7,9H,3-4,6H2,1-2H3/b7-5+. The highest BCUT2D eigenvalue weighted by Crippen LogP contribution is 2.06. The molecule has 0 aliphatic carbocycles. The fourth-order valence-electron chi connectivity index (χ4n) is 0.815. The molecule has 0 rings (SSSR count). The van der Waals surface area contributed by atoms with Gasteiger partial charge in [-0.3, -0.25) is 0 Å². The molecule has 0 aliphatic heterocycles. The lowest BCUT2D eigenvalue weighted by atomic mass is 10.1. The lowest BCUT2D eigenvalue weighted by Gasteiger charge is -1.97. The van der Waals surface area contributed by atoms with E-state index in [1.165, 1.54) is 0 Å². The summed E-state index contributed by atoms with van der Waals surface area (Å²) < 4.78 is 0. The summed E-state index contributed by atoms with van der Waals surface area (Å²) >= 11 is 0. The average molecular weight is 137 g/mol. The molecule has 0 saturated heterocycles. The number of allylic oxidation sites excluding steroid dienone is 2. The van der Waals surface area contributed by atoms with Crippen LogP contribution in [0.4, 0.5) is 0 Å². The van der Waals surface area contributed by atoms with E-state index in [2.05, 4.69) is 26.0 Å². The van der Waals surface area contributed by atoms with Crippen molar-refractivity contribution in [2.45, 2.75) is 33.1 Å². The summed E-state index contributed by atoms with van der Waals surface area (Å²) in [6.45, 7) is 4.18. The maximum atomic E-state index is 8.58. The maximum Gasteiger partial charge on any atom is 0.0697 e. The second-order valence-electron chi connectivity index (χ2n) is 2.36. The van der Waals surface area contributed by atoms with Gasteiger partial charge in [0.05, 0.1) is 12.0 Å². The van der Waals surface area contributed by atoms with Crippen LogP contribution in [0.3, 0.4) is 0 Å². The first kappa shape index (κ1) is 9.23. The molecule has 0 spiro atoms. The van der Waals surface area contributed by atoms with E-state index >= 15 is 0 Å². The first-order valence-corrected chi connectivity index (χ1v) is 3.91. The third-order valence-corrected chi connectivity index (χ3v) is 1.37. The zero-order valence-corrected chi connectivity index (χ0v) is 6.80. The third kappa shape index (κ3) is 4.14.